The smallest absolute Gasteiger partial charge is 0.161 e. The summed E-state index contributed by atoms with van der Waals surface area (Å²) >= 11 is 0. The number of fused-ring (bicyclic) bond motifs is 2. The van der Waals surface area contributed by atoms with Crippen LogP contribution in [0.2, 0.25) is 0 Å². The lowest BCUT2D eigenvalue weighted by Crippen LogP contribution is -2.10. The van der Waals surface area contributed by atoms with E-state index < -0.39 is 0 Å². The second-order valence-corrected chi connectivity index (χ2v) is 8.64. The van der Waals surface area contributed by atoms with E-state index in [9.17, 15) is 4.39 Å². The predicted molar refractivity (Wildman–Crippen MR) is 133 cm³/mol. The summed E-state index contributed by atoms with van der Waals surface area (Å²) < 4.78 is 13.8. The van der Waals surface area contributed by atoms with Gasteiger partial charge in [0, 0.05) is 36.3 Å². The molecule has 35 heavy (non-hydrogen) atoms. The van der Waals surface area contributed by atoms with Gasteiger partial charge in [0.05, 0.1) is 22.4 Å². The van der Waals surface area contributed by atoms with Crippen molar-refractivity contribution >= 4 is 22.1 Å². The molecule has 0 amide bonds. The molecule has 5 heterocycles. The summed E-state index contributed by atoms with van der Waals surface area (Å²) in [5.41, 5.74) is 7.60. The summed E-state index contributed by atoms with van der Waals surface area (Å²) in [6.07, 6.45) is 5.35. The third-order valence-corrected chi connectivity index (χ3v) is 5.72. The molecule has 0 radical (unpaired) electrons. The first kappa shape index (κ1) is 21.1. The van der Waals surface area contributed by atoms with Gasteiger partial charge in [-0.05, 0) is 56.1 Å². The minimum atomic E-state index is -0.323. The molecule has 0 atom stereocenters. The van der Waals surface area contributed by atoms with Crippen molar-refractivity contribution in [2.24, 2.45) is 0 Å². The predicted octanol–water partition coefficient (Wildman–Crippen LogP) is 4.83. The van der Waals surface area contributed by atoms with E-state index in [0.717, 1.165) is 34.4 Å². The Morgan fingerprint density at radius 1 is 0.886 bits per heavy atom. The molecule has 0 aliphatic heterocycles. The van der Waals surface area contributed by atoms with Gasteiger partial charge in [0.2, 0.25) is 0 Å². The van der Waals surface area contributed by atoms with E-state index in [1.165, 1.54) is 12.1 Å². The third-order valence-electron chi connectivity index (χ3n) is 5.72. The van der Waals surface area contributed by atoms with Gasteiger partial charge in [-0.25, -0.2) is 14.4 Å². The van der Waals surface area contributed by atoms with E-state index in [1.807, 2.05) is 50.8 Å². The Morgan fingerprint density at radius 2 is 1.77 bits per heavy atom. The molecular weight excluding hydrogens is 443 g/mol. The highest BCUT2D eigenvalue weighted by atomic mass is 19.1. The molecule has 0 aliphatic carbocycles. The lowest BCUT2D eigenvalue weighted by molar-refractivity contribution is 0.402. The monoisotopic (exact) mass is 464 g/mol. The molecule has 0 unspecified atom stereocenters. The van der Waals surface area contributed by atoms with Crippen molar-refractivity contribution in [2.45, 2.75) is 6.54 Å². The molecule has 0 spiro atoms. The van der Waals surface area contributed by atoms with Crippen LogP contribution in [0, 0.1) is 5.82 Å². The molecule has 1 aromatic carbocycles. The van der Waals surface area contributed by atoms with Crippen molar-refractivity contribution in [3.8, 4) is 34.0 Å². The van der Waals surface area contributed by atoms with Crippen molar-refractivity contribution in [2.75, 3.05) is 14.1 Å². The molecule has 8 nitrogen and oxygen atoms in total. The van der Waals surface area contributed by atoms with E-state index >= 15 is 0 Å². The van der Waals surface area contributed by atoms with Gasteiger partial charge in [0.1, 0.15) is 16.9 Å². The fourth-order valence-electron chi connectivity index (χ4n) is 4.20. The van der Waals surface area contributed by atoms with Crippen LogP contribution in [0.3, 0.4) is 0 Å². The van der Waals surface area contributed by atoms with Crippen LogP contribution >= 0.6 is 0 Å². The molecule has 2 N–H and O–H groups in total. The fourth-order valence-corrected chi connectivity index (χ4v) is 4.20. The molecule has 172 valence electrons. The summed E-state index contributed by atoms with van der Waals surface area (Å²) in [6.45, 7) is 0.792. The average Bonchev–Trinajstić information content (AvgIpc) is 3.47. The highest BCUT2D eigenvalue weighted by Crippen LogP contribution is 2.31. The number of pyridine rings is 3. The van der Waals surface area contributed by atoms with E-state index in [4.69, 9.17) is 9.97 Å². The summed E-state index contributed by atoms with van der Waals surface area (Å²) in [6, 6.07) is 14.2. The number of rotatable bonds is 5. The highest BCUT2D eigenvalue weighted by molar-refractivity contribution is 5.95. The number of H-pyrrole nitrogens is 2. The Balaban J connectivity index is 1.45. The Labute approximate surface area is 199 Å². The number of halogens is 1. The van der Waals surface area contributed by atoms with Crippen molar-refractivity contribution < 1.29 is 4.39 Å². The number of imidazole rings is 1. The summed E-state index contributed by atoms with van der Waals surface area (Å²) in [4.78, 5) is 23.9. The Kier molecular flexibility index (Phi) is 5.04. The summed E-state index contributed by atoms with van der Waals surface area (Å²) in [7, 11) is 4.05. The maximum absolute atomic E-state index is 13.8. The minimum absolute atomic E-state index is 0.323. The fraction of sp³-hybridized carbons (Fsp3) is 0.115. The van der Waals surface area contributed by atoms with E-state index in [2.05, 4.69) is 36.1 Å². The first-order valence-corrected chi connectivity index (χ1v) is 11.1. The Hall–Kier alpha value is -4.50. The zero-order valence-corrected chi connectivity index (χ0v) is 19.1. The third kappa shape index (κ3) is 3.91. The first-order chi connectivity index (χ1) is 17.0. The Bertz CT molecular complexity index is 1680. The van der Waals surface area contributed by atoms with Crippen molar-refractivity contribution in [3.05, 3.63) is 78.5 Å². The van der Waals surface area contributed by atoms with Crippen LogP contribution in [0.4, 0.5) is 4.39 Å². The van der Waals surface area contributed by atoms with Crippen molar-refractivity contribution in [1.29, 1.82) is 0 Å². The van der Waals surface area contributed by atoms with Gasteiger partial charge in [0.15, 0.2) is 11.5 Å². The lowest BCUT2D eigenvalue weighted by Gasteiger charge is -2.10. The number of aromatic nitrogens is 7. The van der Waals surface area contributed by atoms with Gasteiger partial charge in [-0.15, -0.1) is 0 Å². The van der Waals surface area contributed by atoms with Gasteiger partial charge >= 0.3 is 0 Å². The minimum Gasteiger partial charge on any atom is -0.336 e. The zero-order chi connectivity index (χ0) is 23.9. The van der Waals surface area contributed by atoms with Crippen LogP contribution in [0.5, 0.6) is 0 Å². The molecule has 0 fully saturated rings. The second-order valence-electron chi connectivity index (χ2n) is 8.64. The molecule has 5 aromatic heterocycles. The van der Waals surface area contributed by atoms with Gasteiger partial charge in [-0.2, -0.15) is 5.10 Å². The van der Waals surface area contributed by atoms with Crippen molar-refractivity contribution in [1.82, 2.24) is 40.0 Å². The van der Waals surface area contributed by atoms with Gasteiger partial charge < -0.3 is 9.88 Å². The zero-order valence-electron chi connectivity index (χ0n) is 19.1. The molecule has 9 heteroatoms. The maximum Gasteiger partial charge on any atom is 0.161 e. The van der Waals surface area contributed by atoms with Gasteiger partial charge in [-0.3, -0.25) is 15.1 Å². The number of nitrogens with zero attached hydrogens (tertiary/aromatic N) is 6. The maximum atomic E-state index is 13.8. The summed E-state index contributed by atoms with van der Waals surface area (Å²) in [5.74, 6) is 0.234. The lowest BCUT2D eigenvalue weighted by atomic mass is 10.1. The topological polar surface area (TPSA) is 99.3 Å². The molecule has 0 bridgehead atoms. The quantitative estimate of drug-likeness (QED) is 0.379. The number of hydrogen-bond acceptors (Lipinski definition) is 6. The average molecular weight is 465 g/mol. The molecule has 0 saturated heterocycles. The SMILES string of the molecule is CN(C)Cc1cncc(-c2ccc3[nH]nc(-c4nc5c(-c6cccc(F)c6)nccc5[nH]4)c3n2)c1. The van der Waals surface area contributed by atoms with E-state index in [-0.39, 0.29) is 5.82 Å². The second kappa shape index (κ2) is 8.37. The highest BCUT2D eigenvalue weighted by Gasteiger charge is 2.17. The van der Waals surface area contributed by atoms with Crippen LogP contribution in [-0.2, 0) is 6.54 Å². The first-order valence-electron chi connectivity index (χ1n) is 11.1. The van der Waals surface area contributed by atoms with Crippen LogP contribution in [0.25, 0.3) is 56.1 Å². The normalized spacial score (nSPS) is 11.7. The molecular formula is C26H21FN8. The number of aromatic amines is 2. The molecule has 6 aromatic rings. The van der Waals surface area contributed by atoms with Gasteiger partial charge in [-0.1, -0.05) is 12.1 Å². The summed E-state index contributed by atoms with van der Waals surface area (Å²) in [5, 5.41) is 7.53. The number of hydrogen-bond donors (Lipinski definition) is 2. The molecule has 6 rings (SSSR count). The molecule has 0 saturated carbocycles. The van der Waals surface area contributed by atoms with Crippen LogP contribution in [0.15, 0.2) is 67.1 Å². The molecule has 0 aliphatic rings. The number of nitrogens with one attached hydrogen (secondary N) is 2. The van der Waals surface area contributed by atoms with E-state index in [0.29, 0.717) is 33.8 Å². The Morgan fingerprint density at radius 3 is 2.63 bits per heavy atom. The van der Waals surface area contributed by atoms with Crippen molar-refractivity contribution in [3.63, 3.8) is 0 Å². The van der Waals surface area contributed by atoms with Crippen LogP contribution in [0.1, 0.15) is 5.56 Å². The van der Waals surface area contributed by atoms with E-state index in [1.54, 1.807) is 12.3 Å². The standard InChI is InChI=1S/C26H21FN8/c1-35(2)14-15-10-17(13-28-12-15)19-6-7-21-24(30-19)25(34-33-21)26-31-20-8-9-29-22(23(20)32-26)16-4-3-5-18(27)11-16/h3-13H,14H2,1-2H3,(H,31,32)(H,33,34). The number of benzene rings is 1. The largest absolute Gasteiger partial charge is 0.336 e. The van der Waals surface area contributed by atoms with Crippen LogP contribution < -0.4 is 0 Å². The van der Waals surface area contributed by atoms with Crippen LogP contribution in [-0.4, -0.2) is 54.1 Å². The van der Waals surface area contributed by atoms with Gasteiger partial charge in [0.25, 0.3) is 0 Å².